The number of hydrogen-bond donors (Lipinski definition) is 2. The molecule has 0 saturated carbocycles. The SMILES string of the molecule is NC(=O)c1nc(-c2ccccc2)c(-c2ccc(S(N)(=O)=O)cc2)o1. The van der Waals surface area contributed by atoms with Gasteiger partial charge in [-0.25, -0.2) is 18.5 Å². The van der Waals surface area contributed by atoms with Gasteiger partial charge in [0.05, 0.1) is 4.90 Å². The minimum absolute atomic E-state index is 0.0258. The molecule has 4 N–H and O–H groups in total. The maximum absolute atomic E-state index is 11.4. The highest BCUT2D eigenvalue weighted by Gasteiger charge is 2.20. The predicted molar refractivity (Wildman–Crippen MR) is 87.3 cm³/mol. The zero-order valence-corrected chi connectivity index (χ0v) is 13.2. The zero-order valence-electron chi connectivity index (χ0n) is 12.3. The van der Waals surface area contributed by atoms with Crippen LogP contribution in [-0.4, -0.2) is 19.3 Å². The second kappa shape index (κ2) is 5.91. The Labute approximate surface area is 138 Å². The van der Waals surface area contributed by atoms with Crippen LogP contribution in [0.2, 0.25) is 0 Å². The van der Waals surface area contributed by atoms with Crippen LogP contribution in [0.4, 0.5) is 0 Å². The second-order valence-electron chi connectivity index (χ2n) is 5.00. The Morgan fingerprint density at radius 1 is 0.958 bits per heavy atom. The van der Waals surface area contributed by atoms with Gasteiger partial charge >= 0.3 is 5.91 Å². The van der Waals surface area contributed by atoms with Crippen molar-refractivity contribution in [3.05, 3.63) is 60.5 Å². The van der Waals surface area contributed by atoms with Gasteiger partial charge in [0, 0.05) is 11.1 Å². The van der Waals surface area contributed by atoms with Gasteiger partial charge in [-0.3, -0.25) is 4.79 Å². The van der Waals surface area contributed by atoms with E-state index in [0.29, 0.717) is 17.0 Å². The summed E-state index contributed by atoms with van der Waals surface area (Å²) in [5.74, 6) is -0.699. The van der Waals surface area contributed by atoms with Gasteiger partial charge in [-0.1, -0.05) is 30.3 Å². The molecule has 0 unspecified atom stereocenters. The summed E-state index contributed by atoms with van der Waals surface area (Å²) in [5, 5.41) is 5.09. The largest absolute Gasteiger partial charge is 0.432 e. The summed E-state index contributed by atoms with van der Waals surface area (Å²) in [6.45, 7) is 0. The van der Waals surface area contributed by atoms with Crippen LogP contribution in [0.5, 0.6) is 0 Å². The lowest BCUT2D eigenvalue weighted by Crippen LogP contribution is -2.11. The van der Waals surface area contributed by atoms with Gasteiger partial charge < -0.3 is 10.2 Å². The fourth-order valence-electron chi connectivity index (χ4n) is 2.21. The lowest BCUT2D eigenvalue weighted by Gasteiger charge is -2.03. The average molecular weight is 343 g/mol. The molecule has 8 heteroatoms. The molecule has 0 atom stereocenters. The molecule has 0 aliphatic heterocycles. The number of rotatable bonds is 4. The molecule has 0 saturated heterocycles. The summed E-state index contributed by atoms with van der Waals surface area (Å²) < 4.78 is 28.2. The van der Waals surface area contributed by atoms with Crippen molar-refractivity contribution in [2.45, 2.75) is 4.90 Å². The van der Waals surface area contributed by atoms with E-state index >= 15 is 0 Å². The van der Waals surface area contributed by atoms with Crippen molar-refractivity contribution in [1.82, 2.24) is 4.98 Å². The Balaban J connectivity index is 2.15. The maximum atomic E-state index is 11.4. The van der Waals surface area contributed by atoms with Crippen molar-refractivity contribution >= 4 is 15.9 Å². The van der Waals surface area contributed by atoms with Gasteiger partial charge in [0.25, 0.3) is 5.89 Å². The minimum atomic E-state index is -3.79. The Morgan fingerprint density at radius 2 is 1.58 bits per heavy atom. The summed E-state index contributed by atoms with van der Waals surface area (Å²) in [4.78, 5) is 15.5. The third-order valence-corrected chi connectivity index (χ3v) is 4.26. The molecule has 0 spiro atoms. The molecule has 0 aliphatic carbocycles. The fourth-order valence-corrected chi connectivity index (χ4v) is 2.72. The van der Waals surface area contributed by atoms with Crippen LogP contribution < -0.4 is 10.9 Å². The number of primary amides is 1. The number of sulfonamides is 1. The normalized spacial score (nSPS) is 11.4. The van der Waals surface area contributed by atoms with E-state index in [1.165, 1.54) is 24.3 Å². The zero-order chi connectivity index (χ0) is 17.3. The van der Waals surface area contributed by atoms with Crippen molar-refractivity contribution in [2.75, 3.05) is 0 Å². The lowest BCUT2D eigenvalue weighted by atomic mass is 10.1. The van der Waals surface area contributed by atoms with E-state index in [2.05, 4.69) is 4.98 Å². The van der Waals surface area contributed by atoms with Gasteiger partial charge in [-0.15, -0.1) is 0 Å². The number of hydrogen-bond acceptors (Lipinski definition) is 5. The molecule has 1 amide bonds. The Hall–Kier alpha value is -2.97. The first-order valence-corrected chi connectivity index (χ1v) is 8.40. The molecule has 0 aliphatic rings. The Morgan fingerprint density at radius 3 is 2.12 bits per heavy atom. The third kappa shape index (κ3) is 3.05. The quantitative estimate of drug-likeness (QED) is 0.745. The molecule has 122 valence electrons. The lowest BCUT2D eigenvalue weighted by molar-refractivity contribution is 0.0968. The number of carbonyl (C=O) groups excluding carboxylic acids is 1. The van der Waals surface area contributed by atoms with E-state index in [0.717, 1.165) is 5.56 Å². The van der Waals surface area contributed by atoms with Crippen LogP contribution in [0.25, 0.3) is 22.6 Å². The molecule has 24 heavy (non-hydrogen) atoms. The Bertz CT molecular complexity index is 994. The van der Waals surface area contributed by atoms with Gasteiger partial charge in [0.1, 0.15) is 5.69 Å². The van der Waals surface area contributed by atoms with Crippen LogP contribution in [0.15, 0.2) is 63.9 Å². The van der Waals surface area contributed by atoms with Crippen LogP contribution in [0.1, 0.15) is 10.7 Å². The van der Waals surface area contributed by atoms with E-state index in [-0.39, 0.29) is 10.8 Å². The minimum Gasteiger partial charge on any atom is -0.432 e. The number of nitrogens with two attached hydrogens (primary N) is 2. The smallest absolute Gasteiger partial charge is 0.304 e. The molecule has 7 nitrogen and oxygen atoms in total. The summed E-state index contributed by atoms with van der Waals surface area (Å²) >= 11 is 0. The maximum Gasteiger partial charge on any atom is 0.304 e. The first-order valence-electron chi connectivity index (χ1n) is 6.85. The van der Waals surface area contributed by atoms with Crippen LogP contribution in [-0.2, 0) is 10.0 Å². The standard InChI is InChI=1S/C16H13N3O4S/c17-15(20)16-19-13(10-4-2-1-3-5-10)14(23-16)11-6-8-12(9-7-11)24(18,21)22/h1-9H,(H2,17,20)(H2,18,21,22). The molecule has 3 rings (SSSR count). The molecule has 2 aromatic carbocycles. The summed E-state index contributed by atoms with van der Waals surface area (Å²) in [7, 11) is -3.79. The van der Waals surface area contributed by atoms with Crippen molar-refractivity contribution in [3.63, 3.8) is 0 Å². The van der Waals surface area contributed by atoms with Crippen molar-refractivity contribution < 1.29 is 17.6 Å². The highest BCUT2D eigenvalue weighted by molar-refractivity contribution is 7.89. The van der Waals surface area contributed by atoms with Crippen molar-refractivity contribution in [2.24, 2.45) is 10.9 Å². The highest BCUT2D eigenvalue weighted by atomic mass is 32.2. The molecule has 0 fully saturated rings. The number of nitrogens with zero attached hydrogens (tertiary/aromatic N) is 1. The number of oxazole rings is 1. The fraction of sp³-hybridized carbons (Fsp3) is 0. The first kappa shape index (κ1) is 15.9. The average Bonchev–Trinajstić information content (AvgIpc) is 3.00. The van der Waals surface area contributed by atoms with E-state index in [1.807, 2.05) is 30.3 Å². The van der Waals surface area contributed by atoms with Gasteiger partial charge in [-0.05, 0) is 24.3 Å². The molecule has 3 aromatic rings. The van der Waals surface area contributed by atoms with Crippen molar-refractivity contribution in [1.29, 1.82) is 0 Å². The monoisotopic (exact) mass is 343 g/mol. The second-order valence-corrected chi connectivity index (χ2v) is 6.56. The number of carbonyl (C=O) groups is 1. The van der Waals surface area contributed by atoms with E-state index in [1.54, 1.807) is 0 Å². The van der Waals surface area contributed by atoms with Crippen LogP contribution in [0.3, 0.4) is 0 Å². The van der Waals surface area contributed by atoms with Crippen LogP contribution in [0, 0.1) is 0 Å². The summed E-state index contributed by atoms with van der Waals surface area (Å²) in [6.07, 6.45) is 0. The Kier molecular flexibility index (Phi) is 3.92. The molecule has 0 radical (unpaired) electrons. The summed E-state index contributed by atoms with van der Waals surface area (Å²) in [6, 6.07) is 14.9. The molecule has 1 aromatic heterocycles. The molecule has 0 bridgehead atoms. The number of amides is 1. The third-order valence-electron chi connectivity index (χ3n) is 3.33. The van der Waals surface area contributed by atoms with E-state index < -0.39 is 15.9 Å². The molecular formula is C16H13N3O4S. The molecule has 1 heterocycles. The predicted octanol–water partition coefficient (Wildman–Crippen LogP) is 1.75. The topological polar surface area (TPSA) is 129 Å². The van der Waals surface area contributed by atoms with E-state index in [9.17, 15) is 13.2 Å². The van der Waals surface area contributed by atoms with Crippen LogP contribution >= 0.6 is 0 Å². The summed E-state index contributed by atoms with van der Waals surface area (Å²) in [5.41, 5.74) is 6.96. The van der Waals surface area contributed by atoms with Crippen molar-refractivity contribution in [3.8, 4) is 22.6 Å². The van der Waals surface area contributed by atoms with Gasteiger partial charge in [-0.2, -0.15) is 0 Å². The first-order chi connectivity index (χ1) is 11.4. The highest BCUT2D eigenvalue weighted by Crippen LogP contribution is 2.32. The van der Waals surface area contributed by atoms with Gasteiger partial charge in [0.15, 0.2) is 5.76 Å². The molecular weight excluding hydrogens is 330 g/mol. The van der Waals surface area contributed by atoms with Gasteiger partial charge in [0.2, 0.25) is 10.0 Å². The number of aromatic nitrogens is 1. The number of primary sulfonamides is 1. The number of benzene rings is 2. The van der Waals surface area contributed by atoms with E-state index in [4.69, 9.17) is 15.3 Å².